The van der Waals surface area contributed by atoms with Gasteiger partial charge in [-0.3, -0.25) is 4.90 Å². The molecule has 0 aromatic heterocycles. The molecule has 4 N–H and O–H groups in total. The third kappa shape index (κ3) is 5.04. The predicted octanol–water partition coefficient (Wildman–Crippen LogP) is 3.27. The molecule has 0 bridgehead atoms. The number of aryl methyl sites for hydroxylation is 1. The van der Waals surface area contributed by atoms with Gasteiger partial charge in [0.25, 0.3) is 0 Å². The minimum Gasteiger partial charge on any atom is -0.508 e. The summed E-state index contributed by atoms with van der Waals surface area (Å²) in [5, 5.41) is 13.3. The summed E-state index contributed by atoms with van der Waals surface area (Å²) in [7, 11) is 0. The Labute approximate surface area is 164 Å². The summed E-state index contributed by atoms with van der Waals surface area (Å²) < 4.78 is 0. The lowest BCUT2D eigenvalue weighted by molar-refractivity contribution is 0.0955. The van der Waals surface area contributed by atoms with E-state index in [1.807, 2.05) is 12.1 Å². The second-order valence-corrected chi connectivity index (χ2v) is 9.21. The van der Waals surface area contributed by atoms with Gasteiger partial charge in [-0.2, -0.15) is 0 Å². The highest BCUT2D eigenvalue weighted by molar-refractivity contribution is 5.36. The molecular formula is C23H37N3O. The molecule has 2 saturated carbocycles. The van der Waals surface area contributed by atoms with Gasteiger partial charge in [0.05, 0.1) is 0 Å². The second kappa shape index (κ2) is 8.93. The molecule has 1 aliphatic heterocycles. The van der Waals surface area contributed by atoms with Crippen LogP contribution in [-0.4, -0.2) is 42.4 Å². The molecule has 3 aliphatic rings. The Balaban J connectivity index is 1.48. The van der Waals surface area contributed by atoms with Crippen molar-refractivity contribution in [2.24, 2.45) is 23.5 Å². The molecule has 4 rings (SSSR count). The van der Waals surface area contributed by atoms with Crippen LogP contribution in [-0.2, 0) is 12.8 Å². The zero-order valence-corrected chi connectivity index (χ0v) is 16.7. The minimum absolute atomic E-state index is 0.425. The fraction of sp³-hybridized carbons (Fsp3) is 0.739. The van der Waals surface area contributed by atoms with Gasteiger partial charge in [-0.1, -0.05) is 6.07 Å². The van der Waals surface area contributed by atoms with E-state index in [1.54, 1.807) is 0 Å². The molecule has 1 aromatic rings. The van der Waals surface area contributed by atoms with Crippen molar-refractivity contribution in [2.75, 3.05) is 26.3 Å². The molecular weight excluding hydrogens is 334 g/mol. The van der Waals surface area contributed by atoms with E-state index in [-0.39, 0.29) is 0 Å². The maximum absolute atomic E-state index is 9.92. The molecule has 1 atom stereocenters. The van der Waals surface area contributed by atoms with Crippen LogP contribution in [0, 0.1) is 17.8 Å². The van der Waals surface area contributed by atoms with Crippen LogP contribution >= 0.6 is 0 Å². The fourth-order valence-corrected chi connectivity index (χ4v) is 5.43. The van der Waals surface area contributed by atoms with E-state index in [1.165, 1.54) is 75.6 Å². The number of hydrogen-bond acceptors (Lipinski definition) is 4. The first-order chi connectivity index (χ1) is 13.2. The number of phenols is 1. The minimum atomic E-state index is 0.425. The van der Waals surface area contributed by atoms with Crippen molar-refractivity contribution < 1.29 is 5.11 Å². The van der Waals surface area contributed by atoms with E-state index in [4.69, 9.17) is 5.73 Å². The molecule has 2 aliphatic carbocycles. The topological polar surface area (TPSA) is 61.5 Å². The van der Waals surface area contributed by atoms with Crippen molar-refractivity contribution in [3.05, 3.63) is 29.3 Å². The zero-order valence-electron chi connectivity index (χ0n) is 16.7. The number of rotatable bonds is 6. The average Bonchev–Trinajstić information content (AvgIpc) is 3.48. The summed E-state index contributed by atoms with van der Waals surface area (Å²) in [6.45, 7) is 4.22. The van der Waals surface area contributed by atoms with Crippen LogP contribution in [0.1, 0.15) is 56.1 Å². The van der Waals surface area contributed by atoms with Gasteiger partial charge in [0, 0.05) is 19.3 Å². The Kier molecular flexibility index (Phi) is 6.36. The van der Waals surface area contributed by atoms with Crippen LogP contribution in [0.25, 0.3) is 0 Å². The molecule has 0 spiro atoms. The Hall–Kier alpha value is -1.10. The number of nitrogens with zero attached hydrogens (tertiary/aromatic N) is 1. The molecule has 4 nitrogen and oxygen atoms in total. The predicted molar refractivity (Wildman–Crippen MR) is 111 cm³/mol. The van der Waals surface area contributed by atoms with Crippen LogP contribution in [0.2, 0.25) is 0 Å². The van der Waals surface area contributed by atoms with Crippen molar-refractivity contribution in [1.29, 1.82) is 0 Å². The highest BCUT2D eigenvalue weighted by Crippen LogP contribution is 2.38. The van der Waals surface area contributed by atoms with Gasteiger partial charge in [0.2, 0.25) is 0 Å². The van der Waals surface area contributed by atoms with Gasteiger partial charge < -0.3 is 16.2 Å². The fourth-order valence-electron chi connectivity index (χ4n) is 5.43. The first kappa shape index (κ1) is 19.2. The first-order valence-electron chi connectivity index (χ1n) is 11.2. The number of phenolic OH excluding ortho intramolecular Hbond substituents is 1. The summed E-state index contributed by atoms with van der Waals surface area (Å²) in [6.07, 6.45) is 11.8. The van der Waals surface area contributed by atoms with Crippen LogP contribution < -0.4 is 11.1 Å². The first-order valence-corrected chi connectivity index (χ1v) is 11.2. The van der Waals surface area contributed by atoms with Crippen molar-refractivity contribution in [1.82, 2.24) is 10.2 Å². The number of fused-ring (bicyclic) bond motifs is 1. The largest absolute Gasteiger partial charge is 0.508 e. The van der Waals surface area contributed by atoms with E-state index in [0.717, 1.165) is 30.7 Å². The standard InChI is InChI=1S/C23H37N3O/c24-16-25-14-17-5-7-19(8-6-17)23-13-21-9-10-22(27)12-20(21)2-1-11-26(23)15-18-3-4-18/h9-10,12,17-19,23,25,27H,1-8,11,13-16,24H2. The summed E-state index contributed by atoms with van der Waals surface area (Å²) in [6, 6.07) is 6.77. The van der Waals surface area contributed by atoms with Crippen molar-refractivity contribution in [2.45, 2.75) is 63.8 Å². The SMILES string of the molecule is NCNCC1CCC(C2Cc3ccc(O)cc3CCCN2CC2CC2)CC1. The smallest absolute Gasteiger partial charge is 0.115 e. The second-order valence-electron chi connectivity index (χ2n) is 9.21. The molecule has 4 heteroatoms. The normalized spacial score (nSPS) is 29.7. The highest BCUT2D eigenvalue weighted by atomic mass is 16.3. The number of hydrogen-bond donors (Lipinski definition) is 3. The summed E-state index contributed by atoms with van der Waals surface area (Å²) in [5.41, 5.74) is 8.47. The number of nitrogens with one attached hydrogen (secondary N) is 1. The van der Waals surface area contributed by atoms with Crippen LogP contribution in [0.3, 0.4) is 0 Å². The molecule has 2 fully saturated rings. The van der Waals surface area contributed by atoms with E-state index in [0.29, 0.717) is 18.5 Å². The average molecular weight is 372 g/mol. The number of aromatic hydroxyl groups is 1. The Morgan fingerprint density at radius 2 is 1.81 bits per heavy atom. The summed E-state index contributed by atoms with van der Waals surface area (Å²) in [5.74, 6) is 3.00. The molecule has 150 valence electrons. The third-order valence-corrected chi connectivity index (χ3v) is 7.18. The van der Waals surface area contributed by atoms with E-state index >= 15 is 0 Å². The lowest BCUT2D eigenvalue weighted by Crippen LogP contribution is -2.46. The van der Waals surface area contributed by atoms with Crippen LogP contribution in [0.15, 0.2) is 18.2 Å². The van der Waals surface area contributed by atoms with Gasteiger partial charge in [0.15, 0.2) is 0 Å². The van der Waals surface area contributed by atoms with Crippen molar-refractivity contribution >= 4 is 0 Å². The Bertz CT molecular complexity index is 608. The molecule has 1 heterocycles. The maximum atomic E-state index is 9.92. The molecule has 1 unspecified atom stereocenters. The van der Waals surface area contributed by atoms with Gasteiger partial charge in [0.1, 0.15) is 5.75 Å². The van der Waals surface area contributed by atoms with E-state index < -0.39 is 0 Å². The van der Waals surface area contributed by atoms with Crippen molar-refractivity contribution in [3.63, 3.8) is 0 Å². The quantitative estimate of drug-likeness (QED) is 0.672. The molecule has 0 radical (unpaired) electrons. The number of benzene rings is 1. The van der Waals surface area contributed by atoms with Crippen LogP contribution in [0.5, 0.6) is 5.75 Å². The monoisotopic (exact) mass is 371 g/mol. The van der Waals surface area contributed by atoms with Gasteiger partial charge in [-0.15, -0.1) is 0 Å². The number of nitrogens with two attached hydrogens (primary N) is 1. The summed E-state index contributed by atoms with van der Waals surface area (Å²) >= 11 is 0. The van der Waals surface area contributed by atoms with E-state index in [9.17, 15) is 5.11 Å². The maximum Gasteiger partial charge on any atom is 0.115 e. The molecule has 27 heavy (non-hydrogen) atoms. The third-order valence-electron chi connectivity index (χ3n) is 7.18. The lowest BCUT2D eigenvalue weighted by atomic mass is 9.75. The molecule has 1 aromatic carbocycles. The lowest BCUT2D eigenvalue weighted by Gasteiger charge is -2.42. The highest BCUT2D eigenvalue weighted by Gasteiger charge is 2.35. The van der Waals surface area contributed by atoms with Crippen LogP contribution in [0.4, 0.5) is 0 Å². The van der Waals surface area contributed by atoms with Gasteiger partial charge in [-0.05, 0) is 112 Å². The Morgan fingerprint density at radius 3 is 2.56 bits per heavy atom. The summed E-state index contributed by atoms with van der Waals surface area (Å²) in [4.78, 5) is 2.86. The van der Waals surface area contributed by atoms with Crippen molar-refractivity contribution in [3.8, 4) is 5.75 Å². The zero-order chi connectivity index (χ0) is 18.6. The van der Waals surface area contributed by atoms with E-state index in [2.05, 4.69) is 16.3 Å². The Morgan fingerprint density at radius 1 is 1.04 bits per heavy atom. The van der Waals surface area contributed by atoms with Gasteiger partial charge >= 0.3 is 0 Å². The molecule has 0 amide bonds. The van der Waals surface area contributed by atoms with Gasteiger partial charge in [-0.25, -0.2) is 0 Å². The molecule has 0 saturated heterocycles.